The molecule has 0 aromatic heterocycles. The predicted molar refractivity (Wildman–Crippen MR) is 101 cm³/mol. The molecule has 7 heteroatoms. The summed E-state index contributed by atoms with van der Waals surface area (Å²) in [5.74, 6) is 0. The minimum absolute atomic E-state index is 0.109. The van der Waals surface area contributed by atoms with Crippen molar-refractivity contribution in [1.29, 1.82) is 0 Å². The van der Waals surface area contributed by atoms with E-state index in [9.17, 15) is 13.0 Å². The van der Waals surface area contributed by atoms with Gasteiger partial charge >= 0.3 is 7.60 Å². The molecule has 0 spiro atoms. The van der Waals surface area contributed by atoms with E-state index in [0.29, 0.717) is 0 Å². The zero-order valence-electron chi connectivity index (χ0n) is 14.9. The summed E-state index contributed by atoms with van der Waals surface area (Å²) in [5, 5.41) is 0. The molecule has 0 N–H and O–H groups in total. The number of hydrogen-bond donors (Lipinski definition) is 0. The van der Waals surface area contributed by atoms with E-state index < -0.39 is 21.9 Å². The average molecular weight is 394 g/mol. The van der Waals surface area contributed by atoms with Crippen molar-refractivity contribution < 1.29 is 22.0 Å². The summed E-state index contributed by atoms with van der Waals surface area (Å²) in [6.07, 6.45) is 0.218. The zero-order chi connectivity index (χ0) is 18.8. The molecule has 26 heavy (non-hydrogen) atoms. The molecular formula is C19H23O5PS. The lowest BCUT2D eigenvalue weighted by atomic mass is 10.1. The van der Waals surface area contributed by atoms with Crippen molar-refractivity contribution in [3.05, 3.63) is 65.7 Å². The van der Waals surface area contributed by atoms with Crippen LogP contribution in [0.1, 0.15) is 25.0 Å². The van der Waals surface area contributed by atoms with Crippen LogP contribution in [0.25, 0.3) is 0 Å². The average Bonchev–Trinajstić information content (AvgIpc) is 3.05. The fourth-order valence-corrected chi connectivity index (χ4v) is 8.93. The minimum Gasteiger partial charge on any atom is -0.308 e. The fourth-order valence-electron chi connectivity index (χ4n) is 3.52. The van der Waals surface area contributed by atoms with Gasteiger partial charge in [-0.3, -0.25) is 4.57 Å². The van der Waals surface area contributed by atoms with E-state index >= 15 is 0 Å². The van der Waals surface area contributed by atoms with Crippen molar-refractivity contribution in [3.8, 4) is 0 Å². The van der Waals surface area contributed by atoms with Crippen molar-refractivity contribution >= 4 is 17.4 Å². The van der Waals surface area contributed by atoms with Gasteiger partial charge in [0.05, 0.1) is 18.1 Å². The third-order valence-corrected chi connectivity index (χ3v) is 10.8. The lowest BCUT2D eigenvalue weighted by Crippen LogP contribution is -2.41. The van der Waals surface area contributed by atoms with Crippen LogP contribution in [0.15, 0.2) is 59.5 Å². The van der Waals surface area contributed by atoms with Crippen LogP contribution >= 0.6 is 7.60 Å². The van der Waals surface area contributed by atoms with E-state index in [1.165, 1.54) is 12.1 Å². The van der Waals surface area contributed by atoms with Crippen LogP contribution in [0, 0.1) is 0 Å². The first-order chi connectivity index (χ1) is 12.4. The summed E-state index contributed by atoms with van der Waals surface area (Å²) in [7, 11) is -7.94. The highest BCUT2D eigenvalue weighted by Crippen LogP contribution is 2.67. The van der Waals surface area contributed by atoms with Crippen LogP contribution in [-0.4, -0.2) is 26.1 Å². The summed E-state index contributed by atoms with van der Waals surface area (Å²) in [4.78, 5) is 0.132. The number of sulfone groups is 1. The van der Waals surface area contributed by atoms with E-state index in [2.05, 4.69) is 0 Å². The summed E-state index contributed by atoms with van der Waals surface area (Å²) in [5.41, 5.74) is 1.73. The first-order valence-corrected chi connectivity index (χ1v) is 11.7. The molecule has 0 bridgehead atoms. The first kappa shape index (κ1) is 19.3. The summed E-state index contributed by atoms with van der Waals surface area (Å²) >= 11 is 0. The maximum Gasteiger partial charge on any atom is 0.352 e. The van der Waals surface area contributed by atoms with Gasteiger partial charge in [-0.2, -0.15) is 0 Å². The maximum absolute atomic E-state index is 13.8. The summed E-state index contributed by atoms with van der Waals surface area (Å²) < 4.78 is 50.6. The molecule has 0 amide bonds. The summed E-state index contributed by atoms with van der Waals surface area (Å²) in [6.45, 7) is 3.60. The SMILES string of the molecule is CCOP(=O)(OCC)C1(S(=O)(=O)c2ccccc2)Cc2ccccc2C1. The highest BCUT2D eigenvalue weighted by Gasteiger charge is 2.63. The van der Waals surface area contributed by atoms with Gasteiger partial charge in [0.1, 0.15) is 0 Å². The van der Waals surface area contributed by atoms with E-state index in [-0.39, 0.29) is 31.0 Å². The Bertz CT molecular complexity index is 889. The lowest BCUT2D eigenvalue weighted by Gasteiger charge is -2.35. The Labute approximate surface area is 154 Å². The monoisotopic (exact) mass is 394 g/mol. The van der Waals surface area contributed by atoms with Crippen LogP contribution in [0.5, 0.6) is 0 Å². The smallest absolute Gasteiger partial charge is 0.308 e. The van der Waals surface area contributed by atoms with Gasteiger partial charge in [0.25, 0.3) is 0 Å². The minimum atomic E-state index is -3.98. The molecule has 0 atom stereocenters. The van der Waals surface area contributed by atoms with Crippen LogP contribution in [0.2, 0.25) is 0 Å². The third kappa shape index (κ3) is 2.95. The Balaban J connectivity index is 2.24. The molecule has 0 fully saturated rings. The molecule has 2 aromatic carbocycles. The normalized spacial score (nSPS) is 16.4. The molecule has 0 heterocycles. The van der Waals surface area contributed by atoms with Gasteiger partial charge in [0.2, 0.25) is 0 Å². The number of fused-ring (bicyclic) bond motifs is 1. The van der Waals surface area contributed by atoms with E-state index in [1.54, 1.807) is 32.0 Å². The molecule has 0 unspecified atom stereocenters. The standard InChI is InChI=1S/C19H23O5PS/c1-3-23-25(20,24-4-2)19(14-16-10-8-9-11-17(16)15-19)26(21,22)18-12-6-5-7-13-18/h5-13H,3-4,14-15H2,1-2H3. The molecule has 0 aliphatic heterocycles. The Morgan fingerprint density at radius 1 is 0.885 bits per heavy atom. The molecular weight excluding hydrogens is 371 g/mol. The van der Waals surface area contributed by atoms with Gasteiger partial charge < -0.3 is 9.05 Å². The number of rotatable bonds is 7. The van der Waals surface area contributed by atoms with Crippen LogP contribution in [-0.2, 0) is 36.3 Å². The highest BCUT2D eigenvalue weighted by atomic mass is 32.2. The van der Waals surface area contributed by atoms with Crippen molar-refractivity contribution in [3.63, 3.8) is 0 Å². The largest absolute Gasteiger partial charge is 0.352 e. The third-order valence-electron chi connectivity index (χ3n) is 4.70. The Morgan fingerprint density at radius 2 is 1.35 bits per heavy atom. The molecule has 1 aliphatic rings. The summed E-state index contributed by atoms with van der Waals surface area (Å²) in [6, 6.07) is 15.6. The second-order valence-corrected chi connectivity index (χ2v) is 11.1. The van der Waals surface area contributed by atoms with Gasteiger partial charge in [-0.1, -0.05) is 42.5 Å². The van der Waals surface area contributed by atoms with Crippen molar-refractivity contribution in [2.24, 2.45) is 0 Å². The van der Waals surface area contributed by atoms with Gasteiger partial charge in [-0.05, 0) is 37.1 Å². The molecule has 2 aromatic rings. The Hall–Kier alpha value is -1.46. The first-order valence-electron chi connectivity index (χ1n) is 8.66. The van der Waals surface area contributed by atoms with Gasteiger partial charge in [-0.25, -0.2) is 8.42 Å². The van der Waals surface area contributed by atoms with Gasteiger partial charge in [0.15, 0.2) is 14.3 Å². The molecule has 0 saturated carbocycles. The topological polar surface area (TPSA) is 69.7 Å². The molecule has 140 valence electrons. The Morgan fingerprint density at radius 3 is 1.81 bits per heavy atom. The van der Waals surface area contributed by atoms with Crippen LogP contribution in [0.4, 0.5) is 0 Å². The molecule has 0 saturated heterocycles. The molecule has 3 rings (SSSR count). The number of hydrogen-bond acceptors (Lipinski definition) is 5. The highest BCUT2D eigenvalue weighted by molar-refractivity contribution is 7.99. The maximum atomic E-state index is 13.8. The quantitative estimate of drug-likeness (QED) is 0.658. The second kappa shape index (κ2) is 7.28. The van der Waals surface area contributed by atoms with Crippen molar-refractivity contribution in [1.82, 2.24) is 0 Å². The molecule has 0 radical (unpaired) electrons. The number of benzene rings is 2. The van der Waals surface area contributed by atoms with Gasteiger partial charge in [-0.15, -0.1) is 0 Å². The Kier molecular flexibility index (Phi) is 5.40. The van der Waals surface area contributed by atoms with Crippen molar-refractivity contribution in [2.45, 2.75) is 36.1 Å². The second-order valence-electron chi connectivity index (χ2n) is 6.22. The fraction of sp³-hybridized carbons (Fsp3) is 0.368. The predicted octanol–water partition coefficient (Wildman–Crippen LogP) is 4.22. The van der Waals surface area contributed by atoms with Crippen LogP contribution in [0.3, 0.4) is 0 Å². The van der Waals surface area contributed by atoms with E-state index in [1.807, 2.05) is 24.3 Å². The lowest BCUT2D eigenvalue weighted by molar-refractivity contribution is 0.207. The van der Waals surface area contributed by atoms with E-state index in [0.717, 1.165) is 11.1 Å². The van der Waals surface area contributed by atoms with E-state index in [4.69, 9.17) is 9.05 Å². The molecule has 1 aliphatic carbocycles. The molecule has 5 nitrogen and oxygen atoms in total. The van der Waals surface area contributed by atoms with Crippen LogP contribution < -0.4 is 0 Å². The zero-order valence-corrected chi connectivity index (χ0v) is 16.6. The van der Waals surface area contributed by atoms with Crippen molar-refractivity contribution in [2.75, 3.05) is 13.2 Å². The van der Waals surface area contributed by atoms with Gasteiger partial charge in [0, 0.05) is 12.8 Å².